The van der Waals surface area contributed by atoms with Gasteiger partial charge in [0.15, 0.2) is 10.8 Å². The molecule has 0 aliphatic heterocycles. The molecule has 0 unspecified atom stereocenters. The van der Waals surface area contributed by atoms with Crippen molar-refractivity contribution in [2.24, 2.45) is 0 Å². The van der Waals surface area contributed by atoms with Crippen molar-refractivity contribution in [1.82, 2.24) is 15.0 Å². The Labute approximate surface area is 135 Å². The van der Waals surface area contributed by atoms with Gasteiger partial charge >= 0.3 is 0 Å². The summed E-state index contributed by atoms with van der Waals surface area (Å²) in [5.41, 5.74) is 1.04. The SMILES string of the molecule is CCNc1nc(-c2ncc(Cl)s2)nc(C(C)C)c1I. The Morgan fingerprint density at radius 1 is 1.42 bits per heavy atom. The van der Waals surface area contributed by atoms with Gasteiger partial charge in [-0.05, 0) is 35.4 Å². The van der Waals surface area contributed by atoms with E-state index in [1.165, 1.54) is 11.3 Å². The van der Waals surface area contributed by atoms with Crippen molar-refractivity contribution >= 4 is 51.3 Å². The highest BCUT2D eigenvalue weighted by Gasteiger charge is 2.17. The summed E-state index contributed by atoms with van der Waals surface area (Å²) >= 11 is 9.61. The molecule has 0 aliphatic rings. The Bertz CT molecular complexity index is 585. The van der Waals surface area contributed by atoms with E-state index in [1.54, 1.807) is 6.20 Å². The highest BCUT2D eigenvalue weighted by atomic mass is 127. The lowest BCUT2D eigenvalue weighted by Crippen LogP contribution is -2.08. The molecule has 0 atom stereocenters. The van der Waals surface area contributed by atoms with E-state index in [0.29, 0.717) is 16.1 Å². The van der Waals surface area contributed by atoms with Gasteiger partial charge in [-0.1, -0.05) is 36.8 Å². The molecule has 0 amide bonds. The van der Waals surface area contributed by atoms with E-state index in [0.717, 1.165) is 26.6 Å². The van der Waals surface area contributed by atoms with Crippen molar-refractivity contribution in [3.05, 3.63) is 19.8 Å². The lowest BCUT2D eigenvalue weighted by molar-refractivity contribution is 0.808. The van der Waals surface area contributed by atoms with Gasteiger partial charge in [0.05, 0.1) is 15.5 Å². The molecule has 0 aliphatic carbocycles. The van der Waals surface area contributed by atoms with E-state index >= 15 is 0 Å². The molecule has 19 heavy (non-hydrogen) atoms. The maximum atomic E-state index is 5.93. The average Bonchev–Trinajstić information content (AvgIpc) is 2.78. The number of nitrogens with zero attached hydrogens (tertiary/aromatic N) is 3. The van der Waals surface area contributed by atoms with Crippen LogP contribution in [0.1, 0.15) is 32.4 Å². The van der Waals surface area contributed by atoms with E-state index < -0.39 is 0 Å². The van der Waals surface area contributed by atoms with Gasteiger partial charge in [-0.3, -0.25) is 0 Å². The molecule has 2 heterocycles. The third-order valence-electron chi connectivity index (χ3n) is 2.44. The summed E-state index contributed by atoms with van der Waals surface area (Å²) in [4.78, 5) is 13.4. The standard InChI is InChI=1S/C12H14ClIN4S/c1-4-15-10-8(14)9(6(2)3)17-11(18-10)12-16-5-7(13)19-12/h5-6H,4H2,1-3H3,(H,15,17,18). The first-order chi connectivity index (χ1) is 9.02. The Balaban J connectivity index is 2.55. The molecule has 7 heteroatoms. The number of hydrogen-bond acceptors (Lipinski definition) is 5. The third kappa shape index (κ3) is 3.35. The highest BCUT2D eigenvalue weighted by Crippen LogP contribution is 2.31. The molecule has 0 fully saturated rings. The van der Waals surface area contributed by atoms with Crippen molar-refractivity contribution in [3.8, 4) is 10.8 Å². The first-order valence-electron chi connectivity index (χ1n) is 5.96. The number of anilines is 1. The van der Waals surface area contributed by atoms with Gasteiger partial charge < -0.3 is 5.32 Å². The van der Waals surface area contributed by atoms with Crippen molar-refractivity contribution in [2.45, 2.75) is 26.7 Å². The summed E-state index contributed by atoms with van der Waals surface area (Å²) in [7, 11) is 0. The molecule has 0 saturated heterocycles. The minimum absolute atomic E-state index is 0.335. The highest BCUT2D eigenvalue weighted by molar-refractivity contribution is 14.1. The molecular formula is C12H14ClIN4S. The molecule has 2 aromatic heterocycles. The fourth-order valence-electron chi connectivity index (χ4n) is 1.59. The van der Waals surface area contributed by atoms with Crippen LogP contribution >= 0.6 is 45.5 Å². The van der Waals surface area contributed by atoms with Crippen molar-refractivity contribution in [2.75, 3.05) is 11.9 Å². The van der Waals surface area contributed by atoms with Crippen LogP contribution in [0, 0.1) is 3.57 Å². The van der Waals surface area contributed by atoms with Crippen LogP contribution in [0.2, 0.25) is 4.34 Å². The number of nitrogens with one attached hydrogen (secondary N) is 1. The lowest BCUT2D eigenvalue weighted by atomic mass is 10.1. The van der Waals surface area contributed by atoms with E-state index in [1.807, 2.05) is 6.92 Å². The Kier molecular flexibility index (Phi) is 4.97. The van der Waals surface area contributed by atoms with Crippen LogP contribution in [0.15, 0.2) is 6.20 Å². The number of aromatic nitrogens is 3. The maximum Gasteiger partial charge on any atom is 0.191 e. The molecular weight excluding hydrogens is 395 g/mol. The predicted molar refractivity (Wildman–Crippen MR) is 89.1 cm³/mol. The second-order valence-corrected chi connectivity index (χ2v) is 6.99. The molecule has 0 bridgehead atoms. The molecule has 0 aromatic carbocycles. The largest absolute Gasteiger partial charge is 0.369 e. The molecule has 102 valence electrons. The Morgan fingerprint density at radius 2 is 2.16 bits per heavy atom. The lowest BCUT2D eigenvalue weighted by Gasteiger charge is -2.13. The van der Waals surface area contributed by atoms with Crippen LogP contribution in [0.3, 0.4) is 0 Å². The van der Waals surface area contributed by atoms with Gasteiger partial charge in [-0.25, -0.2) is 15.0 Å². The topological polar surface area (TPSA) is 50.7 Å². The normalized spacial score (nSPS) is 11.1. The van der Waals surface area contributed by atoms with Crippen LogP contribution in [-0.4, -0.2) is 21.5 Å². The fraction of sp³-hybridized carbons (Fsp3) is 0.417. The predicted octanol–water partition coefficient (Wildman–Crippen LogP) is 4.41. The zero-order valence-corrected chi connectivity index (χ0v) is 14.6. The first-order valence-corrected chi connectivity index (χ1v) is 8.23. The second-order valence-electron chi connectivity index (χ2n) is 4.25. The monoisotopic (exact) mass is 408 g/mol. The minimum atomic E-state index is 0.335. The summed E-state index contributed by atoms with van der Waals surface area (Å²) in [6.07, 6.45) is 1.63. The van der Waals surface area contributed by atoms with Crippen LogP contribution < -0.4 is 5.32 Å². The molecule has 0 spiro atoms. The quantitative estimate of drug-likeness (QED) is 0.761. The summed E-state index contributed by atoms with van der Waals surface area (Å²) in [6.45, 7) is 7.12. The zero-order chi connectivity index (χ0) is 14.0. The molecule has 2 aromatic rings. The minimum Gasteiger partial charge on any atom is -0.369 e. The number of thiazole rings is 1. The Morgan fingerprint density at radius 3 is 2.68 bits per heavy atom. The average molecular weight is 409 g/mol. The van der Waals surface area contributed by atoms with E-state index in [2.05, 4.69) is 56.7 Å². The molecule has 1 N–H and O–H groups in total. The second kappa shape index (κ2) is 6.32. The van der Waals surface area contributed by atoms with Crippen molar-refractivity contribution < 1.29 is 0 Å². The number of hydrogen-bond donors (Lipinski definition) is 1. The van der Waals surface area contributed by atoms with Gasteiger partial charge in [0.2, 0.25) is 0 Å². The van der Waals surface area contributed by atoms with Crippen LogP contribution in [-0.2, 0) is 0 Å². The molecule has 4 nitrogen and oxygen atoms in total. The van der Waals surface area contributed by atoms with Crippen molar-refractivity contribution in [3.63, 3.8) is 0 Å². The fourth-order valence-corrected chi connectivity index (χ4v) is 3.49. The van der Waals surface area contributed by atoms with Gasteiger partial charge in [-0.15, -0.1) is 0 Å². The summed E-state index contributed by atoms with van der Waals surface area (Å²) in [5.74, 6) is 1.83. The van der Waals surface area contributed by atoms with Gasteiger partial charge in [0.25, 0.3) is 0 Å². The summed E-state index contributed by atoms with van der Waals surface area (Å²) in [6, 6.07) is 0. The van der Waals surface area contributed by atoms with E-state index in [9.17, 15) is 0 Å². The smallest absolute Gasteiger partial charge is 0.191 e. The van der Waals surface area contributed by atoms with Gasteiger partial charge in [-0.2, -0.15) is 0 Å². The third-order valence-corrected chi connectivity index (χ3v) is 4.61. The van der Waals surface area contributed by atoms with Crippen molar-refractivity contribution in [1.29, 1.82) is 0 Å². The number of rotatable bonds is 4. The molecule has 0 radical (unpaired) electrons. The number of halogens is 2. The van der Waals surface area contributed by atoms with E-state index in [-0.39, 0.29) is 0 Å². The van der Waals surface area contributed by atoms with Crippen LogP contribution in [0.25, 0.3) is 10.8 Å². The summed E-state index contributed by atoms with van der Waals surface area (Å²) < 4.78 is 1.72. The van der Waals surface area contributed by atoms with Crippen LogP contribution in [0.5, 0.6) is 0 Å². The van der Waals surface area contributed by atoms with Crippen LogP contribution in [0.4, 0.5) is 5.82 Å². The molecule has 0 saturated carbocycles. The Hall–Kier alpha value is -0.470. The van der Waals surface area contributed by atoms with E-state index in [4.69, 9.17) is 11.6 Å². The zero-order valence-electron chi connectivity index (χ0n) is 10.9. The van der Waals surface area contributed by atoms with Gasteiger partial charge in [0, 0.05) is 6.54 Å². The first kappa shape index (κ1) is 14.9. The van der Waals surface area contributed by atoms with Gasteiger partial charge in [0.1, 0.15) is 10.2 Å². The summed E-state index contributed by atoms with van der Waals surface area (Å²) in [5, 5.41) is 4.03. The maximum absolute atomic E-state index is 5.93. The molecule has 2 rings (SSSR count).